The van der Waals surface area contributed by atoms with Gasteiger partial charge >= 0.3 is 0 Å². The lowest BCUT2D eigenvalue weighted by molar-refractivity contribution is 0.220. The van der Waals surface area contributed by atoms with Gasteiger partial charge in [-0.25, -0.2) is 0 Å². The van der Waals surface area contributed by atoms with Gasteiger partial charge < -0.3 is 5.73 Å². The van der Waals surface area contributed by atoms with Gasteiger partial charge in [-0.05, 0) is 25.5 Å². The van der Waals surface area contributed by atoms with Crippen molar-refractivity contribution in [2.75, 3.05) is 19.6 Å². The smallest absolute Gasteiger partial charge is 0.0931 e. The molecule has 2 nitrogen and oxygen atoms in total. The van der Waals surface area contributed by atoms with Crippen molar-refractivity contribution in [2.45, 2.75) is 19.4 Å². The highest BCUT2D eigenvalue weighted by Crippen LogP contribution is 2.31. The van der Waals surface area contributed by atoms with Crippen LogP contribution in [0.25, 0.3) is 0 Å². The van der Waals surface area contributed by atoms with Crippen LogP contribution < -0.4 is 5.73 Å². The molecular formula is C12H17ClN2S. The Hall–Kier alpha value is -0.350. The van der Waals surface area contributed by atoms with Crippen molar-refractivity contribution < 1.29 is 0 Å². The minimum atomic E-state index is 0.321. The number of nitrogens with two attached hydrogens (primary N) is 1. The van der Waals surface area contributed by atoms with E-state index in [0.717, 1.165) is 23.8 Å². The maximum absolute atomic E-state index is 5.97. The molecule has 0 amide bonds. The normalized spacial score (nSPS) is 19.6. The molecule has 1 atom stereocenters. The summed E-state index contributed by atoms with van der Waals surface area (Å²) in [7, 11) is 0. The first-order chi connectivity index (χ1) is 7.70. The average molecular weight is 257 g/mol. The third kappa shape index (κ3) is 2.66. The average Bonchev–Trinajstić information content (AvgIpc) is 2.69. The minimum absolute atomic E-state index is 0.321. The molecule has 2 rings (SSSR count). The molecule has 0 aliphatic carbocycles. The van der Waals surface area contributed by atoms with E-state index >= 15 is 0 Å². The second-order valence-electron chi connectivity index (χ2n) is 4.19. The van der Waals surface area contributed by atoms with Crippen molar-refractivity contribution in [3.63, 3.8) is 0 Å². The molecule has 1 unspecified atom stereocenters. The topological polar surface area (TPSA) is 29.3 Å². The maximum atomic E-state index is 5.97. The van der Waals surface area contributed by atoms with E-state index in [9.17, 15) is 0 Å². The van der Waals surface area contributed by atoms with Crippen LogP contribution in [0, 0.1) is 0 Å². The standard InChI is InChI=1S/C12H17ClN2S/c1-9-4-6-15(7-5-9)10(8-14)11-2-3-12(13)16-11/h2-4,10H,5-8,14H2,1H3. The van der Waals surface area contributed by atoms with Crippen molar-refractivity contribution in [3.05, 3.63) is 33.0 Å². The third-order valence-corrected chi connectivity index (χ3v) is 4.39. The fourth-order valence-corrected chi connectivity index (χ4v) is 3.23. The second-order valence-corrected chi connectivity index (χ2v) is 5.94. The molecule has 0 fully saturated rings. The molecule has 0 spiro atoms. The summed E-state index contributed by atoms with van der Waals surface area (Å²) < 4.78 is 0.845. The van der Waals surface area contributed by atoms with Crippen molar-refractivity contribution in [1.82, 2.24) is 4.90 Å². The van der Waals surface area contributed by atoms with Crippen molar-refractivity contribution in [1.29, 1.82) is 0 Å². The number of nitrogens with zero attached hydrogens (tertiary/aromatic N) is 1. The van der Waals surface area contributed by atoms with Gasteiger partial charge in [0.05, 0.1) is 10.4 Å². The van der Waals surface area contributed by atoms with Crippen LogP contribution in [0.1, 0.15) is 24.3 Å². The monoisotopic (exact) mass is 256 g/mol. The van der Waals surface area contributed by atoms with Crippen molar-refractivity contribution in [3.8, 4) is 0 Å². The molecule has 2 heterocycles. The molecule has 4 heteroatoms. The summed E-state index contributed by atoms with van der Waals surface area (Å²) in [5.74, 6) is 0. The summed E-state index contributed by atoms with van der Waals surface area (Å²) in [6.45, 7) is 4.95. The van der Waals surface area contributed by atoms with E-state index in [-0.39, 0.29) is 0 Å². The molecule has 1 aromatic rings. The van der Waals surface area contributed by atoms with Gasteiger partial charge in [0.15, 0.2) is 0 Å². The van der Waals surface area contributed by atoms with Crippen LogP contribution in [0.5, 0.6) is 0 Å². The molecule has 0 saturated heterocycles. The first-order valence-electron chi connectivity index (χ1n) is 5.55. The Bertz CT molecular complexity index is 386. The van der Waals surface area contributed by atoms with Gasteiger partial charge in [-0.2, -0.15) is 0 Å². The largest absolute Gasteiger partial charge is 0.329 e. The predicted molar refractivity (Wildman–Crippen MR) is 71.1 cm³/mol. The summed E-state index contributed by atoms with van der Waals surface area (Å²) in [6, 6.07) is 4.37. The van der Waals surface area contributed by atoms with Gasteiger partial charge in [-0.1, -0.05) is 23.3 Å². The fourth-order valence-electron chi connectivity index (χ4n) is 2.02. The van der Waals surface area contributed by atoms with Gasteiger partial charge in [0, 0.05) is 24.5 Å². The summed E-state index contributed by atoms with van der Waals surface area (Å²) in [5, 5.41) is 0. The quantitative estimate of drug-likeness (QED) is 0.843. The van der Waals surface area contributed by atoms with Gasteiger partial charge in [0.1, 0.15) is 0 Å². The minimum Gasteiger partial charge on any atom is -0.329 e. The van der Waals surface area contributed by atoms with E-state index in [2.05, 4.69) is 24.0 Å². The predicted octanol–water partition coefficient (Wildman–Crippen LogP) is 3.05. The molecule has 1 aliphatic heterocycles. The lowest BCUT2D eigenvalue weighted by atomic mass is 10.1. The summed E-state index contributed by atoms with van der Waals surface area (Å²) in [6.07, 6.45) is 3.44. The fraction of sp³-hybridized carbons (Fsp3) is 0.500. The zero-order valence-corrected chi connectivity index (χ0v) is 11.0. The van der Waals surface area contributed by atoms with E-state index in [1.54, 1.807) is 11.3 Å². The number of hydrogen-bond donors (Lipinski definition) is 1. The molecule has 0 saturated carbocycles. The zero-order chi connectivity index (χ0) is 11.5. The summed E-state index contributed by atoms with van der Waals surface area (Å²) in [5.41, 5.74) is 7.36. The Morgan fingerprint density at radius 3 is 2.88 bits per heavy atom. The second kappa shape index (κ2) is 5.32. The Morgan fingerprint density at radius 1 is 1.56 bits per heavy atom. The molecular weight excluding hydrogens is 240 g/mol. The lowest BCUT2D eigenvalue weighted by Crippen LogP contribution is -2.36. The molecule has 0 bridgehead atoms. The van der Waals surface area contributed by atoms with Crippen LogP contribution in [0.2, 0.25) is 4.34 Å². The van der Waals surface area contributed by atoms with Gasteiger partial charge in [-0.3, -0.25) is 4.90 Å². The highest BCUT2D eigenvalue weighted by molar-refractivity contribution is 7.16. The number of hydrogen-bond acceptors (Lipinski definition) is 3. The molecule has 0 aromatic carbocycles. The Labute approximate surface area is 106 Å². The van der Waals surface area contributed by atoms with Gasteiger partial charge in [0.2, 0.25) is 0 Å². The number of thiophene rings is 1. The van der Waals surface area contributed by atoms with Crippen LogP contribution >= 0.6 is 22.9 Å². The van der Waals surface area contributed by atoms with E-state index in [1.807, 2.05) is 6.07 Å². The maximum Gasteiger partial charge on any atom is 0.0931 e. The van der Waals surface area contributed by atoms with Crippen LogP contribution in [-0.2, 0) is 0 Å². The van der Waals surface area contributed by atoms with Crippen LogP contribution in [-0.4, -0.2) is 24.5 Å². The SMILES string of the molecule is CC1=CCN(C(CN)c2ccc(Cl)s2)CC1. The number of rotatable bonds is 3. The molecule has 1 aromatic heterocycles. The Kier molecular flexibility index (Phi) is 4.03. The van der Waals surface area contributed by atoms with Gasteiger partial charge in [-0.15, -0.1) is 11.3 Å². The number of halogens is 1. The summed E-state index contributed by atoms with van der Waals surface area (Å²) in [4.78, 5) is 3.70. The molecule has 2 N–H and O–H groups in total. The van der Waals surface area contributed by atoms with E-state index in [1.165, 1.54) is 10.5 Å². The third-order valence-electron chi connectivity index (χ3n) is 3.05. The Morgan fingerprint density at radius 2 is 2.38 bits per heavy atom. The van der Waals surface area contributed by atoms with E-state index < -0.39 is 0 Å². The molecule has 0 radical (unpaired) electrons. The first-order valence-corrected chi connectivity index (χ1v) is 6.75. The highest BCUT2D eigenvalue weighted by atomic mass is 35.5. The van der Waals surface area contributed by atoms with Crippen LogP contribution in [0.4, 0.5) is 0 Å². The zero-order valence-electron chi connectivity index (χ0n) is 9.45. The molecule has 16 heavy (non-hydrogen) atoms. The van der Waals surface area contributed by atoms with Gasteiger partial charge in [0.25, 0.3) is 0 Å². The lowest BCUT2D eigenvalue weighted by Gasteiger charge is -2.32. The highest BCUT2D eigenvalue weighted by Gasteiger charge is 2.21. The molecule has 1 aliphatic rings. The summed E-state index contributed by atoms with van der Waals surface area (Å²) >= 11 is 7.61. The van der Waals surface area contributed by atoms with Crippen molar-refractivity contribution in [2.24, 2.45) is 5.73 Å². The van der Waals surface area contributed by atoms with Crippen molar-refractivity contribution >= 4 is 22.9 Å². The molecule has 88 valence electrons. The van der Waals surface area contributed by atoms with E-state index in [0.29, 0.717) is 12.6 Å². The van der Waals surface area contributed by atoms with Crippen LogP contribution in [0.15, 0.2) is 23.8 Å². The van der Waals surface area contributed by atoms with E-state index in [4.69, 9.17) is 17.3 Å². The van der Waals surface area contributed by atoms with Crippen LogP contribution in [0.3, 0.4) is 0 Å². The first kappa shape index (κ1) is 12.1. The Balaban J connectivity index is 2.11.